The number of thioether (sulfide) groups is 1. The van der Waals surface area contributed by atoms with Gasteiger partial charge in [-0.05, 0) is 56.2 Å². The maximum atomic E-state index is 13.3. The Labute approximate surface area is 207 Å². The summed E-state index contributed by atoms with van der Waals surface area (Å²) in [5.74, 6) is 0.126. The van der Waals surface area contributed by atoms with Crippen LogP contribution in [0.1, 0.15) is 45.5 Å². The van der Waals surface area contributed by atoms with E-state index in [2.05, 4.69) is 13.5 Å². The van der Waals surface area contributed by atoms with Crippen LogP contribution < -0.4 is 0 Å². The van der Waals surface area contributed by atoms with E-state index < -0.39 is 24.0 Å². The van der Waals surface area contributed by atoms with Crippen molar-refractivity contribution in [3.05, 3.63) is 59.9 Å². The number of pyridine rings is 1. The molecule has 4 nitrogen and oxygen atoms in total. The number of aryl methyl sites for hydroxylation is 2. The van der Waals surface area contributed by atoms with Gasteiger partial charge in [0, 0.05) is 38.3 Å². The number of hydrogen-bond donors (Lipinski definition) is 0. The Morgan fingerprint density at radius 2 is 1.89 bits per heavy atom. The van der Waals surface area contributed by atoms with Crippen molar-refractivity contribution in [3.8, 4) is 11.3 Å². The normalized spacial score (nSPS) is 13.6. The second kappa shape index (κ2) is 10.9. The highest BCUT2D eigenvalue weighted by Crippen LogP contribution is 2.39. The molecule has 0 saturated heterocycles. The van der Waals surface area contributed by atoms with Gasteiger partial charge in [0.15, 0.2) is 0 Å². The number of carbonyl (C=O) groups excluding carboxylic acids is 1. The highest BCUT2D eigenvalue weighted by atomic mass is 32.2. The van der Waals surface area contributed by atoms with Crippen LogP contribution in [0.4, 0.5) is 13.2 Å². The Bertz CT molecular complexity index is 1220. The largest absolute Gasteiger partial charge is 0.462 e. The van der Waals surface area contributed by atoms with Crippen molar-refractivity contribution < 1.29 is 27.1 Å². The predicted molar refractivity (Wildman–Crippen MR) is 133 cm³/mol. The number of furan rings is 1. The lowest BCUT2D eigenvalue weighted by molar-refractivity contribution is -0.166. The summed E-state index contributed by atoms with van der Waals surface area (Å²) in [5.41, 5.74) is 2.43. The van der Waals surface area contributed by atoms with Crippen LogP contribution in [0.5, 0.6) is 0 Å². The van der Waals surface area contributed by atoms with Crippen LogP contribution in [0.25, 0.3) is 22.3 Å². The van der Waals surface area contributed by atoms with E-state index in [1.807, 2.05) is 43.3 Å². The molecule has 1 aromatic carbocycles. The molecule has 35 heavy (non-hydrogen) atoms. The van der Waals surface area contributed by atoms with Gasteiger partial charge in [-0.3, -0.25) is 4.98 Å². The molecule has 2 aromatic heterocycles. The van der Waals surface area contributed by atoms with E-state index >= 15 is 0 Å². The summed E-state index contributed by atoms with van der Waals surface area (Å²) >= 11 is 1.27. The van der Waals surface area contributed by atoms with Crippen LogP contribution in [0.3, 0.4) is 0 Å². The molecule has 1 atom stereocenters. The minimum absolute atomic E-state index is 0.109. The molecule has 188 valence electrons. The van der Waals surface area contributed by atoms with E-state index in [9.17, 15) is 18.0 Å². The number of esters is 1. The Morgan fingerprint density at radius 3 is 2.51 bits per heavy atom. The molecule has 0 bridgehead atoms. The standard InChI is InChI=1S/C27H30F3NO3S/c1-6-19-9-11-21(22(7-2)31-19)24-12-18-8-10-20(13-23(18)34-24)35-16-26(5,14-27(28,29)30)15-33-25(32)17(3)4/h8-13H,3,6-7,14-16H2,1-2,4-5H3. The second-order valence-corrected chi connectivity index (χ2v) is 10.1. The zero-order chi connectivity index (χ0) is 25.8. The van der Waals surface area contributed by atoms with Crippen molar-refractivity contribution in [2.75, 3.05) is 12.4 Å². The van der Waals surface area contributed by atoms with Crippen molar-refractivity contribution in [3.63, 3.8) is 0 Å². The van der Waals surface area contributed by atoms with Gasteiger partial charge in [0.05, 0.1) is 18.7 Å². The van der Waals surface area contributed by atoms with Crippen molar-refractivity contribution >= 4 is 28.7 Å². The van der Waals surface area contributed by atoms with E-state index in [1.165, 1.54) is 25.6 Å². The van der Waals surface area contributed by atoms with Gasteiger partial charge in [-0.25, -0.2) is 4.79 Å². The number of nitrogens with zero attached hydrogens (tertiary/aromatic N) is 1. The van der Waals surface area contributed by atoms with Gasteiger partial charge in [-0.2, -0.15) is 13.2 Å². The Hall–Kier alpha value is -2.74. The first-order valence-electron chi connectivity index (χ1n) is 11.5. The van der Waals surface area contributed by atoms with Crippen LogP contribution in [0.15, 0.2) is 57.9 Å². The molecule has 3 rings (SSSR count). The van der Waals surface area contributed by atoms with Gasteiger partial charge < -0.3 is 9.15 Å². The summed E-state index contributed by atoms with van der Waals surface area (Å²) in [6, 6.07) is 11.6. The summed E-state index contributed by atoms with van der Waals surface area (Å²) in [6.07, 6.45) is -3.82. The average Bonchev–Trinajstić information content (AvgIpc) is 3.22. The third-order valence-corrected chi connectivity index (χ3v) is 7.03. The minimum Gasteiger partial charge on any atom is -0.462 e. The zero-order valence-electron chi connectivity index (χ0n) is 20.4. The fourth-order valence-electron chi connectivity index (χ4n) is 3.72. The fraction of sp³-hybridized carbons (Fsp3) is 0.407. The number of hydrogen-bond acceptors (Lipinski definition) is 5. The Morgan fingerprint density at radius 1 is 1.14 bits per heavy atom. The first-order chi connectivity index (χ1) is 16.4. The molecule has 0 fully saturated rings. The average molecular weight is 506 g/mol. The lowest BCUT2D eigenvalue weighted by Gasteiger charge is -2.29. The summed E-state index contributed by atoms with van der Waals surface area (Å²) in [5, 5.41) is 0.902. The number of rotatable bonds is 10. The summed E-state index contributed by atoms with van der Waals surface area (Å²) in [6.45, 7) is 10.2. The van der Waals surface area contributed by atoms with Gasteiger partial charge >= 0.3 is 12.1 Å². The van der Waals surface area contributed by atoms with Gasteiger partial charge in [0.2, 0.25) is 0 Å². The van der Waals surface area contributed by atoms with Gasteiger partial charge in [0.25, 0.3) is 0 Å². The molecule has 0 aliphatic heterocycles. The van der Waals surface area contributed by atoms with Crippen molar-refractivity contribution in [1.29, 1.82) is 0 Å². The third-order valence-electron chi connectivity index (χ3n) is 5.60. The molecule has 1 unspecified atom stereocenters. The first kappa shape index (κ1) is 26.9. The molecule has 0 N–H and O–H groups in total. The zero-order valence-corrected chi connectivity index (χ0v) is 21.2. The van der Waals surface area contributed by atoms with Gasteiger partial charge in [-0.1, -0.05) is 27.4 Å². The molecule has 2 heterocycles. The number of carbonyl (C=O) groups is 1. The number of alkyl halides is 3. The van der Waals surface area contributed by atoms with E-state index in [0.29, 0.717) is 11.3 Å². The number of benzene rings is 1. The SMILES string of the molecule is C=C(C)C(=O)OCC(C)(CSc1ccc2cc(-c3ccc(CC)nc3CC)oc2c1)CC(F)(F)F. The summed E-state index contributed by atoms with van der Waals surface area (Å²) in [7, 11) is 0. The molecule has 8 heteroatoms. The first-order valence-corrected chi connectivity index (χ1v) is 12.5. The molecular weight excluding hydrogens is 475 g/mol. The lowest BCUT2D eigenvalue weighted by Crippen LogP contribution is -2.33. The number of halogens is 3. The van der Waals surface area contributed by atoms with Crippen molar-refractivity contribution in [2.45, 2.75) is 58.0 Å². The number of fused-ring (bicyclic) bond motifs is 1. The Balaban J connectivity index is 1.80. The second-order valence-electron chi connectivity index (χ2n) is 9.06. The number of ether oxygens (including phenoxy) is 1. The predicted octanol–water partition coefficient (Wildman–Crippen LogP) is 7.79. The van der Waals surface area contributed by atoms with Gasteiger partial charge in [-0.15, -0.1) is 11.8 Å². The molecule has 0 aliphatic rings. The van der Waals surface area contributed by atoms with E-state index in [0.717, 1.165) is 40.1 Å². The van der Waals surface area contributed by atoms with Crippen LogP contribution in [-0.2, 0) is 22.4 Å². The summed E-state index contributed by atoms with van der Waals surface area (Å²) < 4.78 is 51.0. The molecule has 0 aliphatic carbocycles. The number of aromatic nitrogens is 1. The monoisotopic (exact) mass is 505 g/mol. The highest BCUT2D eigenvalue weighted by Gasteiger charge is 2.40. The summed E-state index contributed by atoms with van der Waals surface area (Å²) in [4.78, 5) is 17.2. The molecule has 0 saturated carbocycles. The van der Waals surface area contributed by atoms with Crippen LogP contribution in [0, 0.1) is 5.41 Å². The molecule has 3 aromatic rings. The molecule has 0 radical (unpaired) electrons. The highest BCUT2D eigenvalue weighted by molar-refractivity contribution is 7.99. The van der Waals surface area contributed by atoms with Crippen LogP contribution in [-0.4, -0.2) is 29.5 Å². The third kappa shape index (κ3) is 7.13. The minimum atomic E-state index is -4.39. The lowest BCUT2D eigenvalue weighted by atomic mass is 9.90. The topological polar surface area (TPSA) is 52.3 Å². The smallest absolute Gasteiger partial charge is 0.389 e. The Kier molecular flexibility index (Phi) is 8.36. The van der Waals surface area contributed by atoms with Crippen molar-refractivity contribution in [1.82, 2.24) is 4.98 Å². The van der Waals surface area contributed by atoms with E-state index in [4.69, 9.17) is 14.1 Å². The van der Waals surface area contributed by atoms with E-state index in [-0.39, 0.29) is 17.9 Å². The maximum Gasteiger partial charge on any atom is 0.389 e. The maximum absolute atomic E-state index is 13.3. The fourth-order valence-corrected chi connectivity index (χ4v) is 4.77. The van der Waals surface area contributed by atoms with E-state index in [1.54, 1.807) is 0 Å². The van der Waals surface area contributed by atoms with Crippen LogP contribution >= 0.6 is 11.8 Å². The van der Waals surface area contributed by atoms with Crippen molar-refractivity contribution in [2.24, 2.45) is 5.41 Å². The quantitative estimate of drug-likeness (QED) is 0.160. The van der Waals surface area contributed by atoms with Gasteiger partial charge in [0.1, 0.15) is 11.3 Å². The molecule has 0 spiro atoms. The molecular formula is C27H30F3NO3S. The van der Waals surface area contributed by atoms with Crippen LogP contribution in [0.2, 0.25) is 0 Å². The molecule has 0 amide bonds.